The van der Waals surface area contributed by atoms with E-state index >= 15 is 8.78 Å². The molecule has 1 aliphatic heterocycles. The summed E-state index contributed by atoms with van der Waals surface area (Å²) in [5, 5.41) is 21.7. The summed E-state index contributed by atoms with van der Waals surface area (Å²) in [5.74, 6) is 0.0538. The number of aryl methyl sites for hydroxylation is 1. The Morgan fingerprint density at radius 3 is 2.49 bits per heavy atom. The summed E-state index contributed by atoms with van der Waals surface area (Å²) in [5.41, 5.74) is -0.448. The molecule has 4 aromatic rings. The van der Waals surface area contributed by atoms with E-state index in [2.05, 4.69) is 25.4 Å². The highest BCUT2D eigenvalue weighted by Gasteiger charge is 2.41. The second-order valence-corrected chi connectivity index (χ2v) is 15.6. The third-order valence-electron chi connectivity index (χ3n) is 8.54. The summed E-state index contributed by atoms with van der Waals surface area (Å²) in [6.07, 6.45) is 2.79. The third-order valence-corrected chi connectivity index (χ3v) is 11.9. The number of methoxy groups -OCH3 is 2. The van der Waals surface area contributed by atoms with Crippen molar-refractivity contribution in [1.29, 1.82) is 0 Å². The van der Waals surface area contributed by atoms with Gasteiger partial charge in [-0.2, -0.15) is 9.49 Å². The van der Waals surface area contributed by atoms with Crippen molar-refractivity contribution in [2.45, 2.75) is 59.7 Å². The first kappa shape index (κ1) is 35.9. The van der Waals surface area contributed by atoms with Crippen LogP contribution in [0.25, 0.3) is 0 Å². The van der Waals surface area contributed by atoms with Crippen LogP contribution in [0.5, 0.6) is 5.75 Å². The van der Waals surface area contributed by atoms with Crippen molar-refractivity contribution in [3.8, 4) is 5.75 Å². The van der Waals surface area contributed by atoms with Crippen LogP contribution in [-0.4, -0.2) is 67.4 Å². The molecule has 262 valence electrons. The van der Waals surface area contributed by atoms with Crippen molar-refractivity contribution in [3.63, 3.8) is 0 Å². The fourth-order valence-corrected chi connectivity index (χ4v) is 7.97. The van der Waals surface area contributed by atoms with Crippen molar-refractivity contribution in [1.82, 2.24) is 20.2 Å². The molecule has 0 unspecified atom stereocenters. The Morgan fingerprint density at radius 2 is 1.88 bits per heavy atom. The summed E-state index contributed by atoms with van der Waals surface area (Å²) in [6, 6.07) is 8.44. The summed E-state index contributed by atoms with van der Waals surface area (Å²) >= 11 is 0.890. The zero-order valence-electron chi connectivity index (χ0n) is 27.6. The molecule has 13 nitrogen and oxygen atoms in total. The number of halogens is 2. The Hall–Kier alpha value is -4.35. The van der Waals surface area contributed by atoms with E-state index in [4.69, 9.17) is 14.5 Å². The van der Waals surface area contributed by atoms with Gasteiger partial charge in [-0.15, -0.1) is 0 Å². The number of hydrogen-bond acceptors (Lipinski definition) is 12. The molecule has 17 heteroatoms. The molecular weight excluding hydrogens is 681 g/mol. The number of piperidine rings is 1. The second-order valence-electron chi connectivity index (χ2n) is 12.1. The average Bonchev–Trinajstić information content (AvgIpc) is 3.48. The highest BCUT2D eigenvalue weighted by atomic mass is 32.2. The van der Waals surface area contributed by atoms with Crippen molar-refractivity contribution >= 4 is 44.7 Å². The van der Waals surface area contributed by atoms with E-state index in [1.54, 1.807) is 13.2 Å². The molecule has 2 aromatic heterocycles. The minimum Gasteiger partial charge on any atom is -0.490 e. The fraction of sp³-hybridized carbons (Fsp3) is 0.406. The van der Waals surface area contributed by atoms with Gasteiger partial charge in [0.05, 0.1) is 26.6 Å². The maximum absolute atomic E-state index is 15.7. The predicted molar refractivity (Wildman–Crippen MR) is 180 cm³/mol. The van der Waals surface area contributed by atoms with Gasteiger partial charge in [-0.1, -0.05) is 12.1 Å². The third kappa shape index (κ3) is 7.47. The number of ether oxygens (including phenoxy) is 2. The number of aromatic amines is 1. The van der Waals surface area contributed by atoms with Crippen LogP contribution in [-0.2, 0) is 19.3 Å². The van der Waals surface area contributed by atoms with Crippen LogP contribution in [0.4, 0.5) is 31.9 Å². The Kier molecular flexibility index (Phi) is 10.7. The number of nitrogens with zero attached hydrogens (tertiary/aromatic N) is 5. The van der Waals surface area contributed by atoms with Gasteiger partial charge < -0.3 is 19.7 Å². The number of H-pyrrole nitrogens is 1. The van der Waals surface area contributed by atoms with Crippen molar-refractivity contribution in [2.75, 3.05) is 44.1 Å². The van der Waals surface area contributed by atoms with Crippen LogP contribution in [0, 0.1) is 34.6 Å². The van der Waals surface area contributed by atoms with Gasteiger partial charge in [-0.25, -0.2) is 22.8 Å². The molecule has 0 spiro atoms. The number of rotatable bonds is 13. The van der Waals surface area contributed by atoms with Crippen LogP contribution in [0.15, 0.2) is 57.4 Å². The molecule has 0 bridgehead atoms. The van der Waals surface area contributed by atoms with Gasteiger partial charge in [-0.3, -0.25) is 15.2 Å². The Labute approximate surface area is 286 Å². The number of nitrogens with one attached hydrogen (secondary N) is 2. The van der Waals surface area contributed by atoms with E-state index < -0.39 is 47.3 Å². The molecule has 3 heterocycles. The minimum atomic E-state index is -4.44. The molecule has 0 saturated carbocycles. The van der Waals surface area contributed by atoms with Gasteiger partial charge >= 0.3 is 5.69 Å². The maximum atomic E-state index is 15.7. The zero-order chi connectivity index (χ0) is 35.5. The lowest BCUT2D eigenvalue weighted by atomic mass is 9.94. The summed E-state index contributed by atoms with van der Waals surface area (Å²) in [4.78, 5) is 21.4. The molecule has 0 radical (unpaired) electrons. The van der Waals surface area contributed by atoms with E-state index in [-0.39, 0.29) is 10.1 Å². The Bertz CT molecular complexity index is 1950. The van der Waals surface area contributed by atoms with Gasteiger partial charge in [0.15, 0.2) is 32.4 Å². The van der Waals surface area contributed by atoms with E-state index in [0.717, 1.165) is 54.9 Å². The SMILES string of the molecule is COCCC1CCN(c2nc(Sc3ccc(S(=O)(=O)C(C)(C)c4cccc([N+](=O)[O-])c4F)cc3F)nc(Nc3cc(C)[nH]n3)c2OC)CC1. The summed E-state index contributed by atoms with van der Waals surface area (Å²) in [7, 11) is -1.24. The monoisotopic (exact) mass is 717 g/mol. The smallest absolute Gasteiger partial charge is 0.305 e. The average molecular weight is 718 g/mol. The Balaban J connectivity index is 1.47. The van der Waals surface area contributed by atoms with Crippen LogP contribution in [0.2, 0.25) is 0 Å². The highest BCUT2D eigenvalue weighted by molar-refractivity contribution is 7.99. The molecule has 1 aliphatic rings. The molecule has 2 aromatic carbocycles. The van der Waals surface area contributed by atoms with E-state index in [9.17, 15) is 18.5 Å². The van der Waals surface area contributed by atoms with Gasteiger partial charge in [0.25, 0.3) is 0 Å². The number of sulfone groups is 1. The normalized spacial score (nSPS) is 14.2. The van der Waals surface area contributed by atoms with Crippen LogP contribution >= 0.6 is 11.8 Å². The van der Waals surface area contributed by atoms with Crippen LogP contribution in [0.3, 0.4) is 0 Å². The van der Waals surface area contributed by atoms with Gasteiger partial charge in [0.1, 0.15) is 5.82 Å². The molecule has 0 aliphatic carbocycles. The second kappa shape index (κ2) is 14.6. The largest absolute Gasteiger partial charge is 0.490 e. The van der Waals surface area contributed by atoms with E-state index in [1.165, 1.54) is 39.2 Å². The predicted octanol–water partition coefficient (Wildman–Crippen LogP) is 6.56. The van der Waals surface area contributed by atoms with Crippen LogP contribution in [0.1, 0.15) is 44.4 Å². The lowest BCUT2D eigenvalue weighted by Gasteiger charge is -2.33. The van der Waals surface area contributed by atoms with Crippen molar-refractivity contribution in [2.24, 2.45) is 5.92 Å². The van der Waals surface area contributed by atoms with Crippen molar-refractivity contribution < 1.29 is 31.6 Å². The lowest BCUT2D eigenvalue weighted by Crippen LogP contribution is -2.35. The zero-order valence-corrected chi connectivity index (χ0v) is 29.3. The molecule has 5 rings (SSSR count). The number of anilines is 3. The molecule has 1 saturated heterocycles. The first-order valence-corrected chi connectivity index (χ1v) is 17.7. The molecule has 49 heavy (non-hydrogen) atoms. The van der Waals surface area contributed by atoms with E-state index in [0.29, 0.717) is 48.8 Å². The topological polar surface area (TPSA) is 165 Å². The molecular formula is C32H37F2N7O6S2. The number of nitro groups is 1. The maximum Gasteiger partial charge on any atom is 0.305 e. The minimum absolute atomic E-state index is 0.0363. The quantitative estimate of drug-likeness (QED) is 0.0871. The molecule has 0 amide bonds. The van der Waals surface area contributed by atoms with Gasteiger partial charge in [0, 0.05) is 50.2 Å². The first-order valence-electron chi connectivity index (χ1n) is 15.4. The highest BCUT2D eigenvalue weighted by Crippen LogP contribution is 2.42. The summed E-state index contributed by atoms with van der Waals surface area (Å²) < 4.78 is 67.3. The number of hydrogen-bond donors (Lipinski definition) is 2. The van der Waals surface area contributed by atoms with Crippen LogP contribution < -0.4 is 15.0 Å². The van der Waals surface area contributed by atoms with Crippen molar-refractivity contribution in [3.05, 3.63) is 75.5 Å². The standard InChI is InChI=1S/C32H37F2N7O6S2/c1-19-17-26(39-38-19)35-29-28(47-5)30(40-14-11-20(12-15-40)13-16-46-4)37-31(36-29)48-25-10-9-21(18-23(25)33)49(44,45)32(2,3)22-7-6-8-24(27(22)34)41(42)43/h6-10,17-18,20H,11-16H2,1-5H3,(H2,35,36,37,38,39). The molecule has 2 N–H and O–H groups in total. The van der Waals surface area contributed by atoms with E-state index in [1.807, 2.05) is 6.92 Å². The number of aromatic nitrogens is 4. The molecule has 1 fully saturated rings. The number of nitro benzene ring substituents is 1. The lowest BCUT2D eigenvalue weighted by molar-refractivity contribution is -0.387. The first-order chi connectivity index (χ1) is 23.3. The fourth-order valence-electron chi connectivity index (χ4n) is 5.67. The van der Waals surface area contributed by atoms with Gasteiger partial charge in [-0.05, 0) is 75.9 Å². The number of benzene rings is 2. The summed E-state index contributed by atoms with van der Waals surface area (Å²) in [6.45, 7) is 6.38. The Morgan fingerprint density at radius 1 is 1.14 bits per heavy atom. The molecule has 0 atom stereocenters. The van der Waals surface area contributed by atoms with Gasteiger partial charge in [0.2, 0.25) is 11.6 Å².